The molecule has 2 aromatic carbocycles. The van der Waals surface area contributed by atoms with Gasteiger partial charge in [-0.3, -0.25) is 14.3 Å². The van der Waals surface area contributed by atoms with Crippen molar-refractivity contribution in [2.45, 2.75) is 13.0 Å². The summed E-state index contributed by atoms with van der Waals surface area (Å²) in [5.41, 5.74) is 2.91. The molecule has 0 aliphatic carbocycles. The third-order valence-corrected chi connectivity index (χ3v) is 6.80. The minimum atomic E-state index is -0.725. The van der Waals surface area contributed by atoms with Crippen LogP contribution in [-0.2, 0) is 9.53 Å². The van der Waals surface area contributed by atoms with Gasteiger partial charge in [0.05, 0.1) is 28.5 Å². The summed E-state index contributed by atoms with van der Waals surface area (Å²) in [4.78, 5) is 36.4. The average molecular weight is 502 g/mol. The molecule has 0 saturated carbocycles. The lowest BCUT2D eigenvalue weighted by Gasteiger charge is -2.25. The number of nitrogens with zero attached hydrogens (tertiary/aromatic N) is 3. The molecule has 0 amide bonds. The Morgan fingerprint density at radius 3 is 2.49 bits per heavy atom. The summed E-state index contributed by atoms with van der Waals surface area (Å²) in [7, 11) is 0. The summed E-state index contributed by atoms with van der Waals surface area (Å²) >= 11 is 7.43. The highest BCUT2D eigenvalue weighted by Gasteiger charge is 2.35. The van der Waals surface area contributed by atoms with E-state index >= 15 is 0 Å². The van der Waals surface area contributed by atoms with E-state index in [4.69, 9.17) is 21.3 Å². The van der Waals surface area contributed by atoms with Gasteiger partial charge in [0.25, 0.3) is 5.56 Å². The maximum Gasteiger partial charge on any atom is 0.338 e. The SMILES string of the molecule is CCOC(=O)C1=C(c2ccccc2)N=c2s/c(=C\c3ccncc3)c(=O)n2[C@H]1c1ccc(Cl)cc1. The second kappa shape index (κ2) is 9.82. The van der Waals surface area contributed by atoms with Crippen molar-refractivity contribution >= 4 is 40.7 Å². The van der Waals surface area contributed by atoms with Gasteiger partial charge >= 0.3 is 5.97 Å². The van der Waals surface area contributed by atoms with Gasteiger partial charge in [-0.1, -0.05) is 65.4 Å². The van der Waals surface area contributed by atoms with Crippen LogP contribution < -0.4 is 14.9 Å². The van der Waals surface area contributed by atoms with E-state index in [0.29, 0.717) is 25.6 Å². The van der Waals surface area contributed by atoms with Crippen molar-refractivity contribution in [3.63, 3.8) is 0 Å². The summed E-state index contributed by atoms with van der Waals surface area (Å²) < 4.78 is 7.53. The van der Waals surface area contributed by atoms with Crippen molar-refractivity contribution in [1.29, 1.82) is 0 Å². The summed E-state index contributed by atoms with van der Waals surface area (Å²) in [6, 6.07) is 19.5. The number of pyridine rings is 1. The minimum absolute atomic E-state index is 0.199. The number of fused-ring (bicyclic) bond motifs is 1. The van der Waals surface area contributed by atoms with Crippen molar-refractivity contribution < 1.29 is 9.53 Å². The first-order chi connectivity index (χ1) is 17.1. The first-order valence-corrected chi connectivity index (χ1v) is 12.2. The number of halogens is 1. The van der Waals surface area contributed by atoms with E-state index in [9.17, 15) is 9.59 Å². The minimum Gasteiger partial charge on any atom is -0.463 e. The van der Waals surface area contributed by atoms with E-state index in [-0.39, 0.29) is 12.2 Å². The molecular weight excluding hydrogens is 482 g/mol. The smallest absolute Gasteiger partial charge is 0.338 e. The van der Waals surface area contributed by atoms with Crippen LogP contribution in [0.4, 0.5) is 0 Å². The number of benzene rings is 2. The number of carbonyl (C=O) groups excluding carboxylic acids is 1. The van der Waals surface area contributed by atoms with Gasteiger partial charge in [0.15, 0.2) is 4.80 Å². The second-order valence-corrected chi connectivity index (χ2v) is 9.21. The van der Waals surface area contributed by atoms with Crippen LogP contribution in [0.2, 0.25) is 5.02 Å². The van der Waals surface area contributed by atoms with Gasteiger partial charge in [0.2, 0.25) is 0 Å². The molecule has 0 saturated heterocycles. The van der Waals surface area contributed by atoms with Crippen molar-refractivity contribution in [2.24, 2.45) is 4.99 Å². The van der Waals surface area contributed by atoms with E-state index in [1.807, 2.05) is 54.6 Å². The maximum atomic E-state index is 13.7. The normalized spacial score (nSPS) is 15.5. The van der Waals surface area contributed by atoms with Crippen molar-refractivity contribution in [3.8, 4) is 0 Å². The number of rotatable bonds is 5. The largest absolute Gasteiger partial charge is 0.463 e. The third-order valence-electron chi connectivity index (χ3n) is 5.56. The number of hydrogen-bond donors (Lipinski definition) is 0. The topological polar surface area (TPSA) is 73.6 Å². The number of carbonyl (C=O) groups is 1. The molecule has 0 fully saturated rings. The molecule has 0 radical (unpaired) electrons. The van der Waals surface area contributed by atoms with E-state index in [0.717, 1.165) is 16.7 Å². The van der Waals surface area contributed by atoms with Crippen LogP contribution in [0.5, 0.6) is 0 Å². The molecule has 1 aliphatic heterocycles. The van der Waals surface area contributed by atoms with Gasteiger partial charge in [-0.2, -0.15) is 0 Å². The molecule has 2 aromatic heterocycles. The fraction of sp³-hybridized carbons (Fsp3) is 0.111. The third kappa shape index (κ3) is 4.48. The molecule has 35 heavy (non-hydrogen) atoms. The van der Waals surface area contributed by atoms with Crippen molar-refractivity contribution in [3.05, 3.63) is 126 Å². The molecular formula is C27H20ClN3O3S. The van der Waals surface area contributed by atoms with Crippen LogP contribution in [0.3, 0.4) is 0 Å². The first kappa shape index (κ1) is 23.0. The maximum absolute atomic E-state index is 13.7. The lowest BCUT2D eigenvalue weighted by molar-refractivity contribution is -0.138. The summed E-state index contributed by atoms with van der Waals surface area (Å²) in [6.45, 7) is 1.95. The van der Waals surface area contributed by atoms with Crippen LogP contribution in [0.1, 0.15) is 29.7 Å². The molecule has 5 rings (SSSR count). The standard InChI is InChI=1S/C27H20ClN3O3S/c1-2-34-26(33)22-23(18-6-4-3-5-7-18)30-27-31(24(22)19-8-10-20(28)11-9-19)25(32)21(35-27)16-17-12-14-29-15-13-17/h3-16,24H,2H2,1H3/b21-16-/t24-/m0/s1. The first-order valence-electron chi connectivity index (χ1n) is 11.0. The zero-order valence-electron chi connectivity index (χ0n) is 18.7. The number of esters is 1. The molecule has 0 bridgehead atoms. The summed E-state index contributed by atoms with van der Waals surface area (Å²) in [6.07, 6.45) is 5.15. The Kier molecular flexibility index (Phi) is 6.44. The Morgan fingerprint density at radius 2 is 1.80 bits per heavy atom. The fourth-order valence-corrected chi connectivity index (χ4v) is 5.14. The Labute approximate surface area is 210 Å². The van der Waals surface area contributed by atoms with E-state index in [2.05, 4.69) is 4.98 Å². The van der Waals surface area contributed by atoms with Gasteiger partial charge in [0, 0.05) is 23.0 Å². The summed E-state index contributed by atoms with van der Waals surface area (Å²) in [5.74, 6) is -0.515. The van der Waals surface area contributed by atoms with Gasteiger partial charge in [-0.05, 0) is 48.4 Å². The predicted molar refractivity (Wildman–Crippen MR) is 137 cm³/mol. The van der Waals surface area contributed by atoms with Gasteiger partial charge in [-0.25, -0.2) is 9.79 Å². The summed E-state index contributed by atoms with van der Waals surface area (Å²) in [5, 5.41) is 0.559. The second-order valence-electron chi connectivity index (χ2n) is 7.76. The molecule has 6 nitrogen and oxygen atoms in total. The van der Waals surface area contributed by atoms with Crippen LogP contribution in [0, 0.1) is 0 Å². The molecule has 4 aromatic rings. The zero-order valence-corrected chi connectivity index (χ0v) is 20.3. The molecule has 1 atom stereocenters. The number of aromatic nitrogens is 2. The molecule has 1 aliphatic rings. The molecule has 0 N–H and O–H groups in total. The zero-order chi connectivity index (χ0) is 24.4. The predicted octanol–water partition coefficient (Wildman–Crippen LogP) is 3.98. The van der Waals surface area contributed by atoms with Gasteiger partial charge in [-0.15, -0.1) is 0 Å². The lowest BCUT2D eigenvalue weighted by Crippen LogP contribution is -2.40. The Hall–Kier alpha value is -3.81. The van der Waals surface area contributed by atoms with E-state index in [1.165, 1.54) is 11.3 Å². The quantitative estimate of drug-likeness (QED) is 0.388. The Balaban J connectivity index is 1.84. The highest BCUT2D eigenvalue weighted by atomic mass is 35.5. The van der Waals surface area contributed by atoms with E-state index < -0.39 is 12.0 Å². The van der Waals surface area contributed by atoms with Crippen LogP contribution >= 0.6 is 22.9 Å². The Bertz CT molecular complexity index is 1590. The van der Waals surface area contributed by atoms with Crippen LogP contribution in [0.25, 0.3) is 11.8 Å². The highest BCUT2D eigenvalue weighted by molar-refractivity contribution is 7.07. The van der Waals surface area contributed by atoms with Gasteiger partial charge < -0.3 is 4.74 Å². The molecule has 8 heteroatoms. The van der Waals surface area contributed by atoms with Crippen molar-refractivity contribution in [2.75, 3.05) is 6.61 Å². The van der Waals surface area contributed by atoms with Crippen LogP contribution in [-0.4, -0.2) is 22.1 Å². The highest BCUT2D eigenvalue weighted by Crippen LogP contribution is 2.35. The van der Waals surface area contributed by atoms with Crippen LogP contribution in [0.15, 0.2) is 94.5 Å². The number of hydrogen-bond acceptors (Lipinski definition) is 6. The molecule has 3 heterocycles. The average Bonchev–Trinajstić information content (AvgIpc) is 3.19. The molecule has 0 unspecified atom stereocenters. The number of thiazole rings is 1. The molecule has 0 spiro atoms. The van der Waals surface area contributed by atoms with Crippen molar-refractivity contribution in [1.82, 2.24) is 9.55 Å². The number of ether oxygens (including phenoxy) is 1. The Morgan fingerprint density at radius 1 is 1.09 bits per heavy atom. The molecule has 174 valence electrons. The van der Waals surface area contributed by atoms with E-state index in [1.54, 1.807) is 42.1 Å². The monoisotopic (exact) mass is 501 g/mol. The van der Waals surface area contributed by atoms with Gasteiger partial charge in [0.1, 0.15) is 0 Å². The lowest BCUT2D eigenvalue weighted by atomic mass is 9.93. The fourth-order valence-electron chi connectivity index (χ4n) is 4.01.